The molecule has 2 saturated heterocycles. The third-order valence-electron chi connectivity index (χ3n) is 19.1. The van der Waals surface area contributed by atoms with Gasteiger partial charge in [-0.15, -0.1) is 0 Å². The number of hydrogen-bond acceptors (Lipinski definition) is 11. The number of benzene rings is 5. The average Bonchev–Trinajstić information content (AvgIpc) is 1.59. The van der Waals surface area contributed by atoms with E-state index in [4.69, 9.17) is 18.8 Å². The van der Waals surface area contributed by atoms with E-state index in [1.807, 2.05) is 63.9 Å². The van der Waals surface area contributed by atoms with E-state index in [9.17, 15) is 31.2 Å². The Hall–Kier alpha value is -7.48. The van der Waals surface area contributed by atoms with Gasteiger partial charge in [-0.1, -0.05) is 80.0 Å². The number of rotatable bonds is 6. The SMILES string of the molecule is Brc1ccc2[nH]ccc2c1.CC1(C)OB(c2ccc3[nH]ccc3c2)OC1(C)C.CC1CC=C(OS(=O)(=O)C(F)(F)F)N(C(=O)OC(C)(C)C)C1.CC1CC=C(c2ccc3[nH]ccc3c2)N(C(=O)OC(C)(C)C)C1.CC1CCC(c2ccc3[nH]ccc3c2)=NC1.CC1CCC(c2ccc3[nH]ccc3c2)NC1.[B].[H-].[Na+]. The monoisotopic (exact) mass is 1560 g/mol. The first-order valence-electron chi connectivity index (χ1n) is 36.0. The number of aromatic amines is 5. The largest absolute Gasteiger partial charge is 1.00 e. The standard InChI is InChI=1S/C19H24N2O2.C14H18BNO2.C14H18N2.C14H16N2.C12H18F3NO5S.C8H6BrN.B.Na.H/c1-13-5-8-17(21(12-13)18(22)23-19(2,3)4)15-6-7-16-14(11-15)9-10-20-16;1-13(2)14(3,4)18-15(17-13)11-5-6-12-10(9-11)7-8-16-12;2*1-10-2-4-14(16-9-10)11-3-5-13-12(8-11)6-7-15-13;1-8-5-6-9(21-22(18,19)12(13,14)15)16(7-8)10(17)20-11(2,3)4;9-7-1-2-8-6(5-7)3-4-10-8;;;/h6-11,13,20H,5,12H2,1-4H3;5-9,16H,1-4H3;3,5-8,10,14-16H,2,4,9H2,1H3;3,5-8,10,15H,2,4,9H2,1H3;6,8H,5,7H2,1-4H3;1-5,10H;;;/q;;;;;;;+1;-1. The summed E-state index contributed by atoms with van der Waals surface area (Å²) in [5.41, 5.74) is 5.39. The zero-order valence-corrected chi connectivity index (χ0v) is 68.5. The molecular weight excluding hydrogens is 1460 g/mol. The fourth-order valence-electron chi connectivity index (χ4n) is 12.6. The summed E-state index contributed by atoms with van der Waals surface area (Å²) in [5.74, 6) is 1.24. The molecule has 0 bridgehead atoms. The molecule has 18 nitrogen and oxygen atoms in total. The van der Waals surface area contributed by atoms with Crippen LogP contribution in [0.1, 0.15) is 160 Å². The van der Waals surface area contributed by atoms with Gasteiger partial charge in [-0.25, -0.2) is 14.5 Å². The van der Waals surface area contributed by atoms with Crippen molar-refractivity contribution < 1.29 is 85.1 Å². The summed E-state index contributed by atoms with van der Waals surface area (Å²) in [6.45, 7) is 30.0. The zero-order valence-electron chi connectivity index (χ0n) is 65.1. The van der Waals surface area contributed by atoms with E-state index >= 15 is 0 Å². The molecular formula is C81H101B2BrF3N9NaO9S. The first-order valence-corrected chi connectivity index (χ1v) is 38.2. The topological polar surface area (TPSA) is 224 Å². The van der Waals surface area contributed by atoms with E-state index < -0.39 is 38.8 Å². The Morgan fingerprint density at radius 1 is 0.579 bits per heavy atom. The summed E-state index contributed by atoms with van der Waals surface area (Å²) in [5, 5.41) is 9.80. The van der Waals surface area contributed by atoms with E-state index in [1.165, 1.54) is 74.2 Å². The molecule has 5 aromatic heterocycles. The number of ether oxygens (including phenoxy) is 2. The summed E-state index contributed by atoms with van der Waals surface area (Å²) in [6, 6.07) is 42.9. The van der Waals surface area contributed by atoms with Crippen LogP contribution in [0.5, 0.6) is 0 Å². The van der Waals surface area contributed by atoms with Gasteiger partial charge in [-0.3, -0.25) is 9.89 Å². The molecule has 26 heteroatoms. The number of amides is 2. The second-order valence-electron chi connectivity index (χ2n) is 31.1. The molecule has 5 unspecified atom stereocenters. The molecule has 5 aliphatic rings. The van der Waals surface area contributed by atoms with Crippen molar-refractivity contribution in [2.24, 2.45) is 28.7 Å². The maximum absolute atomic E-state index is 12.6. The number of halogens is 4. The van der Waals surface area contributed by atoms with Gasteiger partial charge in [0, 0.05) is 119 Å². The summed E-state index contributed by atoms with van der Waals surface area (Å²) < 4.78 is 87.3. The Bertz CT molecular complexity index is 4840. The number of alkyl halides is 3. The molecule has 15 rings (SSSR count). The third kappa shape index (κ3) is 22.8. The summed E-state index contributed by atoms with van der Waals surface area (Å²) in [6.07, 6.45) is 18.1. The molecule has 0 spiro atoms. The summed E-state index contributed by atoms with van der Waals surface area (Å²) in [7, 11) is -6.13. The molecule has 0 saturated carbocycles. The van der Waals surface area contributed by atoms with Crippen LogP contribution in [0.3, 0.4) is 0 Å². The number of carbonyl (C=O) groups is 2. The van der Waals surface area contributed by atoms with E-state index in [0.717, 1.165) is 86.4 Å². The van der Waals surface area contributed by atoms with Crippen LogP contribution >= 0.6 is 15.9 Å². The Morgan fingerprint density at radius 2 is 1.04 bits per heavy atom. The molecule has 565 valence electrons. The molecule has 5 aliphatic heterocycles. The van der Waals surface area contributed by atoms with E-state index in [1.54, 1.807) is 32.6 Å². The Morgan fingerprint density at radius 3 is 1.54 bits per heavy atom. The molecule has 107 heavy (non-hydrogen) atoms. The average molecular weight is 1560 g/mol. The minimum absolute atomic E-state index is 0. The van der Waals surface area contributed by atoms with Crippen molar-refractivity contribution in [1.29, 1.82) is 0 Å². The van der Waals surface area contributed by atoms with Crippen LogP contribution < -0.4 is 40.3 Å². The molecule has 0 aliphatic carbocycles. The van der Waals surface area contributed by atoms with Crippen molar-refractivity contribution in [2.45, 2.75) is 169 Å². The van der Waals surface area contributed by atoms with Gasteiger partial charge < -0.3 is 54.6 Å². The van der Waals surface area contributed by atoms with Crippen LogP contribution in [0, 0.1) is 23.7 Å². The smallest absolute Gasteiger partial charge is 1.00 e. The third-order valence-corrected chi connectivity index (χ3v) is 20.6. The molecule has 5 aromatic carbocycles. The number of aromatic nitrogens is 5. The predicted octanol–water partition coefficient (Wildman–Crippen LogP) is 16.5. The van der Waals surface area contributed by atoms with Gasteiger partial charge in [-0.2, -0.15) is 21.6 Å². The van der Waals surface area contributed by atoms with Crippen molar-refractivity contribution in [3.8, 4) is 0 Å². The zero-order chi connectivity index (χ0) is 75.8. The van der Waals surface area contributed by atoms with Gasteiger partial charge >= 0.3 is 64.5 Å². The first kappa shape index (κ1) is 85.1. The molecule has 10 heterocycles. The van der Waals surface area contributed by atoms with E-state index in [2.05, 4.69) is 219 Å². The van der Waals surface area contributed by atoms with Gasteiger partial charge in [0.25, 0.3) is 0 Å². The van der Waals surface area contributed by atoms with Crippen molar-refractivity contribution in [2.75, 3.05) is 26.2 Å². The van der Waals surface area contributed by atoms with Crippen molar-refractivity contribution in [3.05, 3.63) is 192 Å². The van der Waals surface area contributed by atoms with Crippen LogP contribution in [0.4, 0.5) is 22.8 Å². The Balaban J connectivity index is 0.000000182. The van der Waals surface area contributed by atoms with E-state index in [-0.39, 0.29) is 82.7 Å². The number of nitrogens with one attached hydrogen (secondary N) is 6. The number of allylic oxidation sites excluding steroid dienone is 2. The maximum atomic E-state index is 12.6. The second-order valence-corrected chi connectivity index (χ2v) is 33.5. The number of aliphatic imine (C=N–C) groups is 1. The summed E-state index contributed by atoms with van der Waals surface area (Å²) in [4.78, 5) is 47.8. The maximum Gasteiger partial charge on any atom is 1.00 e. The van der Waals surface area contributed by atoms with Crippen molar-refractivity contribution in [3.63, 3.8) is 0 Å². The molecule has 5 atom stereocenters. The van der Waals surface area contributed by atoms with Crippen molar-refractivity contribution in [1.82, 2.24) is 40.0 Å². The molecule has 3 radical (unpaired) electrons. The molecule has 6 N–H and O–H groups in total. The quantitative estimate of drug-likeness (QED) is 0.0525. The number of carbonyl (C=O) groups excluding carboxylic acids is 2. The fourth-order valence-corrected chi connectivity index (χ4v) is 13.4. The number of hydrogen-bond donors (Lipinski definition) is 6. The van der Waals surface area contributed by atoms with E-state index in [0.29, 0.717) is 18.5 Å². The van der Waals surface area contributed by atoms with Crippen molar-refractivity contribution >= 4 is 125 Å². The molecule has 2 amide bonds. The van der Waals surface area contributed by atoms with Crippen LogP contribution in [0.25, 0.3) is 60.2 Å². The van der Waals surface area contributed by atoms with Gasteiger partial charge in [0.1, 0.15) is 11.2 Å². The van der Waals surface area contributed by atoms with Crippen LogP contribution in [0.2, 0.25) is 0 Å². The summed E-state index contributed by atoms with van der Waals surface area (Å²) >= 11 is 3.40. The first-order chi connectivity index (χ1) is 49.5. The fraction of sp³-hybridized carbons (Fsp3) is 0.420. The second kappa shape index (κ2) is 35.9. The normalized spacial score (nSPS) is 19.9. The Labute approximate surface area is 661 Å². The number of nitrogens with zero attached hydrogens (tertiary/aromatic N) is 3. The number of H-pyrrole nitrogens is 5. The van der Waals surface area contributed by atoms with Gasteiger partial charge in [0.15, 0.2) is 0 Å². The number of piperidine rings is 1. The van der Waals surface area contributed by atoms with Gasteiger partial charge in [0.2, 0.25) is 5.88 Å². The van der Waals surface area contributed by atoms with Crippen LogP contribution in [0.15, 0.2) is 180 Å². The molecule has 2 fully saturated rings. The van der Waals surface area contributed by atoms with Gasteiger partial charge in [-0.05, 0) is 268 Å². The van der Waals surface area contributed by atoms with Crippen LogP contribution in [-0.4, -0.2) is 131 Å². The predicted molar refractivity (Wildman–Crippen MR) is 426 cm³/mol. The Kier molecular flexibility index (Phi) is 28.6. The number of fused-ring (bicyclic) bond motifs is 5. The minimum Gasteiger partial charge on any atom is -1.00 e. The molecule has 10 aromatic rings. The van der Waals surface area contributed by atoms with Gasteiger partial charge in [0.05, 0.1) is 16.9 Å². The minimum atomic E-state index is -5.84. The van der Waals surface area contributed by atoms with Crippen LogP contribution in [-0.2, 0) is 33.1 Å².